The molecule has 4 aromatic heterocycles. The number of nitrogens with zero attached hydrogens (tertiary/aromatic N) is 12. The summed E-state index contributed by atoms with van der Waals surface area (Å²) in [7, 11) is 10.1. The van der Waals surface area contributed by atoms with Crippen molar-refractivity contribution in [1.29, 1.82) is 0 Å². The number of aryl methyl sites for hydroxylation is 1. The highest BCUT2D eigenvalue weighted by atomic mass is 16.5. The number of anilines is 9. The molecule has 0 saturated heterocycles. The Morgan fingerprint density at radius 3 is 1.42 bits per heavy atom. The average Bonchev–Trinajstić information content (AvgIpc) is 1.82. The largest absolute Gasteiger partial charge is 0.494 e. The normalized spacial score (nSPS) is 17.5. The molecule has 596 valence electrons. The molecule has 12 aromatic rings. The summed E-state index contributed by atoms with van der Waals surface area (Å²) in [6.45, 7) is 11.7. The van der Waals surface area contributed by atoms with Crippen LogP contribution in [0.3, 0.4) is 0 Å². The second-order valence-electron chi connectivity index (χ2n) is 30.0. The van der Waals surface area contributed by atoms with Gasteiger partial charge in [0.1, 0.15) is 5.75 Å². The van der Waals surface area contributed by atoms with Gasteiger partial charge in [0, 0.05) is 134 Å². The van der Waals surface area contributed by atoms with Gasteiger partial charge in [-0.15, -0.1) is 0 Å². The summed E-state index contributed by atoms with van der Waals surface area (Å²) in [6, 6.07) is 69.4. The highest BCUT2D eigenvalue weighted by Crippen LogP contribution is 2.42. The van der Waals surface area contributed by atoms with Crippen molar-refractivity contribution in [3.05, 3.63) is 301 Å². The molecule has 1 fully saturated rings. The number of carbonyl (C=O) groups excluding carboxylic acids is 1. The maximum Gasteiger partial charge on any atom is 0.228 e. The lowest BCUT2D eigenvalue weighted by Crippen LogP contribution is -2.21. The van der Waals surface area contributed by atoms with Crippen LogP contribution in [-0.2, 0) is 42.3 Å². The number of rotatable bonds is 1. The van der Waals surface area contributed by atoms with E-state index in [9.17, 15) is 4.79 Å². The summed E-state index contributed by atoms with van der Waals surface area (Å²) >= 11 is 0. The van der Waals surface area contributed by atoms with Gasteiger partial charge in [-0.3, -0.25) is 19.5 Å². The lowest BCUT2D eigenvalue weighted by molar-refractivity contribution is -0.115. The molecular weight excluding hydrogens is 1460 g/mol. The molecule has 22 nitrogen and oxygen atoms in total. The molecule has 5 N–H and O–H groups in total. The first kappa shape index (κ1) is 80.8. The Labute approximate surface area is 685 Å². The fraction of sp³-hybridized carbons (Fsp3) is 0.253. The zero-order chi connectivity index (χ0) is 80.5. The minimum Gasteiger partial charge on any atom is -0.494 e. The summed E-state index contributed by atoms with van der Waals surface area (Å²) in [5.74, 6) is 6.15. The Kier molecular flexibility index (Phi) is 27.9. The molecule has 5 aliphatic rings. The van der Waals surface area contributed by atoms with E-state index in [0.717, 1.165) is 174 Å². The average molecular weight is 1560 g/mol. The number of fused-ring (bicyclic) bond motifs is 29. The van der Waals surface area contributed by atoms with Crippen LogP contribution in [0.5, 0.6) is 17.2 Å². The fourth-order valence-corrected chi connectivity index (χ4v) is 14.2. The molecule has 117 heavy (non-hydrogen) atoms. The van der Waals surface area contributed by atoms with Gasteiger partial charge < -0.3 is 50.4 Å². The highest BCUT2D eigenvalue weighted by Gasteiger charge is 2.37. The smallest absolute Gasteiger partial charge is 0.228 e. The topological polar surface area (TPSA) is 230 Å². The van der Waals surface area contributed by atoms with Crippen molar-refractivity contribution in [2.45, 2.75) is 65.4 Å². The number of hydrogen-bond acceptors (Lipinski definition) is 21. The number of nitrogens with one attached hydrogen (secondary N) is 5. The van der Waals surface area contributed by atoms with Crippen molar-refractivity contribution in [3.8, 4) is 62.3 Å². The van der Waals surface area contributed by atoms with Crippen molar-refractivity contribution in [2.75, 3.05) is 108 Å². The number of benzene rings is 8. The molecule has 1 amide bonds. The van der Waals surface area contributed by atoms with E-state index in [2.05, 4.69) is 227 Å². The number of methoxy groups -OCH3 is 1. The molecule has 22 heteroatoms. The van der Waals surface area contributed by atoms with E-state index in [1.165, 1.54) is 28.7 Å². The molecular formula is C95H101N17O5. The maximum absolute atomic E-state index is 12.4. The maximum atomic E-state index is 12.4. The highest BCUT2D eigenvalue weighted by molar-refractivity contribution is 5.93. The summed E-state index contributed by atoms with van der Waals surface area (Å²) in [5, 5.41) is 16.3. The minimum atomic E-state index is -0.0342. The van der Waals surface area contributed by atoms with Crippen LogP contribution in [0.25, 0.3) is 45.0 Å². The van der Waals surface area contributed by atoms with Crippen molar-refractivity contribution >= 4 is 58.1 Å². The third kappa shape index (κ3) is 24.4. The van der Waals surface area contributed by atoms with Gasteiger partial charge in [0.05, 0.1) is 56.3 Å². The first-order chi connectivity index (χ1) is 57.3. The molecule has 2 atom stereocenters. The van der Waals surface area contributed by atoms with Gasteiger partial charge in [-0.2, -0.15) is 0 Å². The fourth-order valence-electron chi connectivity index (χ4n) is 14.2. The van der Waals surface area contributed by atoms with E-state index in [1.54, 1.807) is 31.9 Å². The molecule has 4 aliphatic heterocycles. The third-order valence-corrected chi connectivity index (χ3v) is 20.2. The Morgan fingerprint density at radius 1 is 0.419 bits per heavy atom. The van der Waals surface area contributed by atoms with Gasteiger partial charge in [-0.25, -0.2) is 39.9 Å². The Hall–Kier alpha value is -12.8. The van der Waals surface area contributed by atoms with E-state index in [-0.39, 0.29) is 5.91 Å². The zero-order valence-corrected chi connectivity index (χ0v) is 67.3. The van der Waals surface area contributed by atoms with E-state index < -0.39 is 0 Å². The van der Waals surface area contributed by atoms with Crippen LogP contribution >= 0.6 is 0 Å². The molecule has 1 aliphatic carbocycles. The van der Waals surface area contributed by atoms with Crippen LogP contribution < -0.4 is 40.8 Å². The van der Waals surface area contributed by atoms with Crippen LogP contribution in [0.4, 0.5) is 52.2 Å². The van der Waals surface area contributed by atoms with Crippen molar-refractivity contribution < 1.29 is 23.7 Å². The van der Waals surface area contributed by atoms with E-state index in [0.29, 0.717) is 61.5 Å². The molecule has 2 unspecified atom stereocenters. The molecule has 1 saturated carbocycles. The number of aromatic nitrogens is 8. The first-order valence-electron chi connectivity index (χ1n) is 39.8. The molecule has 0 spiro atoms. The Morgan fingerprint density at radius 2 is 0.880 bits per heavy atom. The second-order valence-corrected chi connectivity index (χ2v) is 30.0. The van der Waals surface area contributed by atoms with E-state index in [4.69, 9.17) is 33.9 Å². The SMILES string of the molecule is CN1C/C=C/COCc2cccc(c2)-c2ccnc(n2)Nc2cccc(c2)C1.CN1Cc2cccc(c2)Nc2nccc(n2)-c2cccc(c2)OCCC2CC2C1.COc1ccc2cc1OCC/C=C/CN(C)Cc1cccc(c1)Nc1nccc-2n1.Cc1ccc2cc1NC(=O)C/C=C/CN(C)Cc1cccc(c1)Nc1nccc-2n1. The first-order valence-corrected chi connectivity index (χ1v) is 39.8. The van der Waals surface area contributed by atoms with Crippen LogP contribution in [-0.4, -0.2) is 147 Å². The van der Waals surface area contributed by atoms with Gasteiger partial charge in [0.15, 0.2) is 11.5 Å². The standard InChI is InChI=1S/C24H25N5O.C24H26N4O2.C24H26N4O.C23H24N4O/c1-17-9-10-19-15-22(17)27-23(30)8-3-4-13-29(2)16-18-6-5-7-20(14-18)26-24-25-12-11-21(19)28-24;1-28-13-4-3-5-14-30-23-16-19(9-10-22(23)29-2)21-11-12-25-24(27-21)26-20-8-6-7-18(15-20)17-28;1-28-15-17-4-2-6-21(12-17)26-24-25-10-8-23(27-24)19-5-3-7-22(14-19)29-11-9-18-13-20(18)16-28;1-27-12-2-3-13-28-17-19-7-4-8-20(14-19)22-10-11-24-23(26-22)25-21-9-5-6-18(15-21)16-27/h3-7,9-12,14-15H,8,13,16H2,1-2H3,(H,27,30)(H,25,26,28);3-4,6-12,15-16H,5,13-14,17H2,1-2H3,(H,25,26,27);2-8,10,12,14,18,20H,9,11,13,15-16H2,1H3,(H,25,26,27);2-11,14-15H,12-13,16-17H2,1H3,(H,24,25,26)/b2*4-3+;;3-2+. The predicted octanol–water partition coefficient (Wildman–Crippen LogP) is 18.3. The summed E-state index contributed by atoms with van der Waals surface area (Å²) in [6.07, 6.45) is 23.2. The monoisotopic (exact) mass is 1560 g/mol. The number of amides is 1. The molecule has 8 aromatic carbocycles. The predicted molar refractivity (Wildman–Crippen MR) is 468 cm³/mol. The van der Waals surface area contributed by atoms with Crippen molar-refractivity contribution in [3.63, 3.8) is 0 Å². The number of ether oxygens (including phenoxy) is 4. The molecule has 8 heterocycles. The summed E-state index contributed by atoms with van der Waals surface area (Å²) in [4.78, 5) is 57.8. The lowest BCUT2D eigenvalue weighted by Gasteiger charge is -2.18. The van der Waals surface area contributed by atoms with Crippen molar-refractivity contribution in [1.82, 2.24) is 59.5 Å². The van der Waals surface area contributed by atoms with Crippen LogP contribution in [0.1, 0.15) is 59.1 Å². The van der Waals surface area contributed by atoms with Crippen LogP contribution in [0.15, 0.2) is 267 Å². The van der Waals surface area contributed by atoms with Gasteiger partial charge in [-0.05, 0) is 215 Å². The van der Waals surface area contributed by atoms with Gasteiger partial charge >= 0.3 is 0 Å². The van der Waals surface area contributed by atoms with Gasteiger partial charge in [-0.1, -0.05) is 127 Å². The molecule has 24 bridgehead atoms. The van der Waals surface area contributed by atoms with Crippen LogP contribution in [0, 0.1) is 18.8 Å². The minimum absolute atomic E-state index is 0.0342. The Balaban J connectivity index is 0.000000128. The molecule has 0 radical (unpaired) electrons. The third-order valence-electron chi connectivity index (χ3n) is 20.2. The number of likely N-dealkylation sites (N-methyl/N-ethyl adjacent to an activating group) is 3. The zero-order valence-electron chi connectivity index (χ0n) is 67.3. The summed E-state index contributed by atoms with van der Waals surface area (Å²) < 4.78 is 23.3. The van der Waals surface area contributed by atoms with Gasteiger partial charge in [0.25, 0.3) is 0 Å². The van der Waals surface area contributed by atoms with E-state index in [1.807, 2.05) is 122 Å². The second kappa shape index (κ2) is 40.5. The number of carbonyl (C=O) groups is 1. The van der Waals surface area contributed by atoms with Crippen LogP contribution in [0.2, 0.25) is 0 Å². The van der Waals surface area contributed by atoms with E-state index >= 15 is 0 Å². The Bertz CT molecular complexity index is 5430. The van der Waals surface area contributed by atoms with Crippen molar-refractivity contribution in [2.24, 2.45) is 11.8 Å². The van der Waals surface area contributed by atoms with Gasteiger partial charge in [0.2, 0.25) is 29.7 Å². The summed E-state index contributed by atoms with van der Waals surface area (Å²) in [5.41, 5.74) is 19.1. The molecule has 17 rings (SSSR count). The number of hydrogen-bond donors (Lipinski definition) is 5. The lowest BCUT2D eigenvalue weighted by atomic mass is 10.1. The quantitative estimate of drug-likeness (QED) is 0.0962.